The number of Topliss-reactive ketones (excluding diaryl/α,β-unsaturated/α-hetero) is 1. The SMILES string of the molecule is CC(=O)c1ccc(C2CN(c3ccccc3F)CCN2c2cnccn2)cc1. The Hall–Kier alpha value is -3.28. The van der Waals surface area contributed by atoms with Crippen LogP contribution in [0, 0.1) is 5.82 Å². The van der Waals surface area contributed by atoms with Gasteiger partial charge in [0.05, 0.1) is 17.9 Å². The number of aromatic nitrogens is 2. The fraction of sp³-hybridized carbons (Fsp3) is 0.227. The van der Waals surface area contributed by atoms with Crippen LogP contribution in [0.2, 0.25) is 0 Å². The predicted octanol–water partition coefficient (Wildman–Crippen LogP) is 3.89. The van der Waals surface area contributed by atoms with Crippen LogP contribution in [0.1, 0.15) is 28.9 Å². The van der Waals surface area contributed by atoms with Gasteiger partial charge in [-0.3, -0.25) is 9.78 Å². The van der Waals surface area contributed by atoms with Crippen LogP contribution in [-0.2, 0) is 0 Å². The summed E-state index contributed by atoms with van der Waals surface area (Å²) >= 11 is 0. The number of hydrogen-bond acceptors (Lipinski definition) is 5. The van der Waals surface area contributed by atoms with E-state index in [1.165, 1.54) is 6.07 Å². The summed E-state index contributed by atoms with van der Waals surface area (Å²) in [5.41, 5.74) is 2.33. The molecule has 1 saturated heterocycles. The predicted molar refractivity (Wildman–Crippen MR) is 107 cm³/mol. The molecule has 1 unspecified atom stereocenters. The van der Waals surface area contributed by atoms with Gasteiger partial charge in [0.15, 0.2) is 5.78 Å². The van der Waals surface area contributed by atoms with Crippen molar-refractivity contribution >= 4 is 17.3 Å². The lowest BCUT2D eigenvalue weighted by molar-refractivity contribution is 0.101. The summed E-state index contributed by atoms with van der Waals surface area (Å²) in [6.07, 6.45) is 5.07. The zero-order valence-corrected chi connectivity index (χ0v) is 15.6. The molecule has 0 radical (unpaired) electrons. The lowest BCUT2D eigenvalue weighted by atomic mass is 9.99. The van der Waals surface area contributed by atoms with Crippen molar-refractivity contribution in [3.8, 4) is 0 Å². The summed E-state index contributed by atoms with van der Waals surface area (Å²) in [6.45, 7) is 3.53. The van der Waals surface area contributed by atoms with Crippen LogP contribution < -0.4 is 9.80 Å². The first-order chi connectivity index (χ1) is 13.6. The molecule has 1 fully saturated rings. The fourth-order valence-electron chi connectivity index (χ4n) is 3.65. The van der Waals surface area contributed by atoms with E-state index < -0.39 is 0 Å². The number of carbonyl (C=O) groups excluding carboxylic acids is 1. The number of para-hydroxylation sites is 1. The molecular weight excluding hydrogens is 355 g/mol. The fourth-order valence-corrected chi connectivity index (χ4v) is 3.65. The van der Waals surface area contributed by atoms with Crippen LogP contribution in [0.4, 0.5) is 15.9 Å². The maximum absolute atomic E-state index is 14.4. The Kier molecular flexibility index (Phi) is 5.02. The second kappa shape index (κ2) is 7.76. The molecule has 1 aromatic heterocycles. The van der Waals surface area contributed by atoms with Gasteiger partial charge < -0.3 is 9.80 Å². The van der Waals surface area contributed by atoms with Crippen molar-refractivity contribution in [2.75, 3.05) is 29.4 Å². The Labute approximate surface area is 163 Å². The van der Waals surface area contributed by atoms with E-state index in [0.29, 0.717) is 30.9 Å². The number of anilines is 2. The minimum atomic E-state index is -0.221. The van der Waals surface area contributed by atoms with E-state index in [4.69, 9.17) is 0 Å². The third-order valence-corrected chi connectivity index (χ3v) is 5.12. The largest absolute Gasteiger partial charge is 0.365 e. The van der Waals surface area contributed by atoms with Gasteiger partial charge in [0.2, 0.25) is 0 Å². The van der Waals surface area contributed by atoms with Crippen molar-refractivity contribution in [3.63, 3.8) is 0 Å². The molecule has 0 N–H and O–H groups in total. The number of piperazine rings is 1. The van der Waals surface area contributed by atoms with Crippen LogP contribution in [0.5, 0.6) is 0 Å². The number of hydrogen-bond donors (Lipinski definition) is 0. The van der Waals surface area contributed by atoms with Crippen molar-refractivity contribution < 1.29 is 9.18 Å². The van der Waals surface area contributed by atoms with E-state index in [9.17, 15) is 9.18 Å². The number of carbonyl (C=O) groups is 1. The molecule has 0 amide bonds. The van der Waals surface area contributed by atoms with Crippen LogP contribution in [-0.4, -0.2) is 35.4 Å². The number of rotatable bonds is 4. The van der Waals surface area contributed by atoms with Crippen molar-refractivity contribution in [2.24, 2.45) is 0 Å². The van der Waals surface area contributed by atoms with Crippen LogP contribution in [0.15, 0.2) is 67.1 Å². The number of nitrogens with zero attached hydrogens (tertiary/aromatic N) is 4. The minimum absolute atomic E-state index is 0.0361. The van der Waals surface area contributed by atoms with E-state index >= 15 is 0 Å². The quantitative estimate of drug-likeness (QED) is 0.647. The number of halogens is 1. The molecule has 6 heteroatoms. The molecule has 3 aromatic rings. The zero-order chi connectivity index (χ0) is 19.5. The third-order valence-electron chi connectivity index (χ3n) is 5.12. The Bertz CT molecular complexity index is 962. The summed E-state index contributed by atoms with van der Waals surface area (Å²) in [5.74, 6) is 0.603. The Balaban J connectivity index is 1.69. The molecule has 0 spiro atoms. The van der Waals surface area contributed by atoms with E-state index in [1.807, 2.05) is 36.4 Å². The van der Waals surface area contributed by atoms with E-state index in [-0.39, 0.29) is 17.6 Å². The highest BCUT2D eigenvalue weighted by atomic mass is 19.1. The lowest BCUT2D eigenvalue weighted by Crippen LogP contribution is -2.49. The molecular formula is C22H21FN4O. The monoisotopic (exact) mass is 376 g/mol. The molecule has 1 aliphatic heterocycles. The highest BCUT2D eigenvalue weighted by molar-refractivity contribution is 5.94. The third kappa shape index (κ3) is 3.58. The van der Waals surface area contributed by atoms with Gasteiger partial charge in [-0.2, -0.15) is 0 Å². The molecule has 2 heterocycles. The van der Waals surface area contributed by atoms with Gasteiger partial charge in [-0.25, -0.2) is 9.37 Å². The average molecular weight is 376 g/mol. The maximum atomic E-state index is 14.4. The summed E-state index contributed by atoms with van der Waals surface area (Å²) in [6, 6.07) is 14.4. The number of ketones is 1. The zero-order valence-electron chi connectivity index (χ0n) is 15.6. The van der Waals surface area contributed by atoms with E-state index in [0.717, 1.165) is 11.4 Å². The van der Waals surface area contributed by atoms with Crippen molar-refractivity contribution in [1.29, 1.82) is 0 Å². The van der Waals surface area contributed by atoms with Crippen molar-refractivity contribution in [1.82, 2.24) is 9.97 Å². The van der Waals surface area contributed by atoms with Gasteiger partial charge in [-0.05, 0) is 24.6 Å². The van der Waals surface area contributed by atoms with E-state index in [2.05, 4.69) is 19.8 Å². The van der Waals surface area contributed by atoms with Crippen LogP contribution in [0.25, 0.3) is 0 Å². The van der Waals surface area contributed by atoms with Crippen LogP contribution in [0.3, 0.4) is 0 Å². The minimum Gasteiger partial charge on any atom is -0.365 e. The van der Waals surface area contributed by atoms with Crippen LogP contribution >= 0.6 is 0 Å². The molecule has 4 rings (SSSR count). The molecule has 142 valence electrons. The second-order valence-corrected chi connectivity index (χ2v) is 6.85. The average Bonchev–Trinajstić information content (AvgIpc) is 2.74. The van der Waals surface area contributed by atoms with Gasteiger partial charge in [-0.15, -0.1) is 0 Å². The van der Waals surface area contributed by atoms with Gasteiger partial charge in [0, 0.05) is 37.6 Å². The smallest absolute Gasteiger partial charge is 0.159 e. The lowest BCUT2D eigenvalue weighted by Gasteiger charge is -2.43. The topological polar surface area (TPSA) is 49.3 Å². The summed E-state index contributed by atoms with van der Waals surface area (Å²) in [5, 5.41) is 0. The first-order valence-corrected chi connectivity index (χ1v) is 9.26. The summed E-state index contributed by atoms with van der Waals surface area (Å²) in [7, 11) is 0. The summed E-state index contributed by atoms with van der Waals surface area (Å²) < 4.78 is 14.4. The Morgan fingerprint density at radius 1 is 1.07 bits per heavy atom. The van der Waals surface area contributed by atoms with Crippen molar-refractivity contribution in [2.45, 2.75) is 13.0 Å². The van der Waals surface area contributed by atoms with Gasteiger partial charge in [-0.1, -0.05) is 36.4 Å². The summed E-state index contributed by atoms with van der Waals surface area (Å²) in [4.78, 5) is 24.5. The Morgan fingerprint density at radius 2 is 1.86 bits per heavy atom. The van der Waals surface area contributed by atoms with Gasteiger partial charge in [0.25, 0.3) is 0 Å². The molecule has 1 aliphatic rings. The molecule has 28 heavy (non-hydrogen) atoms. The highest BCUT2D eigenvalue weighted by Crippen LogP contribution is 2.32. The highest BCUT2D eigenvalue weighted by Gasteiger charge is 2.30. The molecule has 1 atom stereocenters. The molecule has 0 aliphatic carbocycles. The van der Waals surface area contributed by atoms with Gasteiger partial charge in [0.1, 0.15) is 11.6 Å². The second-order valence-electron chi connectivity index (χ2n) is 6.85. The molecule has 5 nitrogen and oxygen atoms in total. The van der Waals surface area contributed by atoms with E-state index in [1.54, 1.807) is 31.6 Å². The number of benzene rings is 2. The molecule has 2 aromatic carbocycles. The van der Waals surface area contributed by atoms with Gasteiger partial charge >= 0.3 is 0 Å². The molecule has 0 saturated carbocycles. The maximum Gasteiger partial charge on any atom is 0.159 e. The molecule has 0 bridgehead atoms. The Morgan fingerprint density at radius 3 is 2.54 bits per heavy atom. The first-order valence-electron chi connectivity index (χ1n) is 9.26. The van der Waals surface area contributed by atoms with Crippen molar-refractivity contribution in [3.05, 3.63) is 84.1 Å². The first kappa shape index (κ1) is 18.1. The normalized spacial score (nSPS) is 16.9. The standard InChI is InChI=1S/C22H21FN4O/c1-16(28)17-6-8-18(9-7-17)21-15-26(20-5-3-2-4-19(20)23)12-13-27(21)22-14-24-10-11-25-22/h2-11,14,21H,12-13,15H2,1H3.